The molecule has 0 spiro atoms. The van der Waals surface area contributed by atoms with Crippen molar-refractivity contribution in [2.75, 3.05) is 40.8 Å². The minimum absolute atomic E-state index is 0.125. The summed E-state index contributed by atoms with van der Waals surface area (Å²) in [7, 11) is 4.91. The highest BCUT2D eigenvalue weighted by atomic mass is 16.6. The maximum atomic E-state index is 13.4. The summed E-state index contributed by atoms with van der Waals surface area (Å²) < 4.78 is 5.44. The van der Waals surface area contributed by atoms with Crippen molar-refractivity contribution in [2.24, 2.45) is 5.92 Å². The maximum Gasteiger partial charge on any atom is 0.409 e. The molecule has 0 aliphatic carbocycles. The molecule has 2 N–H and O–H groups in total. The van der Waals surface area contributed by atoms with E-state index in [-0.39, 0.29) is 12.3 Å². The van der Waals surface area contributed by atoms with E-state index in [2.05, 4.69) is 12.1 Å². The van der Waals surface area contributed by atoms with E-state index in [9.17, 15) is 19.6 Å². The van der Waals surface area contributed by atoms with Gasteiger partial charge in [0.2, 0.25) is 11.8 Å². The lowest BCUT2D eigenvalue weighted by Crippen LogP contribution is -2.61. The van der Waals surface area contributed by atoms with Gasteiger partial charge in [0, 0.05) is 33.7 Å². The largest absolute Gasteiger partial charge is 0.445 e. The number of carbonyl (C=O) groups is 3. The topological polar surface area (TPSA) is 102 Å². The highest BCUT2D eigenvalue weighted by molar-refractivity contribution is 5.90. The third kappa shape index (κ3) is 5.34. The number of hydrogen-bond acceptors (Lipinski definition) is 6. The normalized spacial score (nSPS) is 25.0. The summed E-state index contributed by atoms with van der Waals surface area (Å²) in [6.07, 6.45) is 0.857. The minimum atomic E-state index is -0.817. The van der Waals surface area contributed by atoms with Gasteiger partial charge in [-0.25, -0.2) is 10.3 Å². The Morgan fingerprint density at radius 1 is 1.13 bits per heavy atom. The number of likely N-dealkylation sites (tertiary alicyclic amines) is 2. The summed E-state index contributed by atoms with van der Waals surface area (Å²) in [6.45, 7) is 1.58. The first kappa shape index (κ1) is 23.0. The van der Waals surface area contributed by atoms with E-state index in [1.807, 2.05) is 23.1 Å². The van der Waals surface area contributed by atoms with Crippen LogP contribution in [0.3, 0.4) is 0 Å². The molecule has 3 rings (SSSR count). The number of piperidine rings is 2. The van der Waals surface area contributed by atoms with Crippen molar-refractivity contribution in [3.8, 4) is 0 Å². The fourth-order valence-electron chi connectivity index (χ4n) is 4.60. The number of nitrogens with one attached hydrogen (secondary N) is 1. The van der Waals surface area contributed by atoms with Gasteiger partial charge in [-0.3, -0.25) is 19.7 Å². The lowest BCUT2D eigenvalue weighted by Gasteiger charge is -2.43. The van der Waals surface area contributed by atoms with Crippen LogP contribution in [-0.2, 0) is 14.3 Å². The Bertz CT molecular complexity index is 779. The van der Waals surface area contributed by atoms with E-state index < -0.39 is 30.1 Å². The molecule has 0 saturated carbocycles. The number of benzene rings is 1. The fraction of sp³-hybridized carbons (Fsp3) is 0.591. The van der Waals surface area contributed by atoms with Crippen molar-refractivity contribution in [1.82, 2.24) is 20.2 Å². The van der Waals surface area contributed by atoms with Crippen LogP contribution in [0.15, 0.2) is 30.3 Å². The molecule has 2 aliphatic heterocycles. The Kier molecular flexibility index (Phi) is 7.50. The number of amides is 3. The molecule has 2 saturated heterocycles. The molecule has 2 fully saturated rings. The SMILES string of the molecule is CN(C)C(=O)O[C@H]1C[C@H](C(=O)NO)[C@@H](C(=O)N2CCC(c3ccccc3)CC2)N(C)C1. The van der Waals surface area contributed by atoms with Crippen LogP contribution in [0.5, 0.6) is 0 Å². The van der Waals surface area contributed by atoms with E-state index >= 15 is 0 Å². The summed E-state index contributed by atoms with van der Waals surface area (Å²) >= 11 is 0. The van der Waals surface area contributed by atoms with Crippen molar-refractivity contribution in [1.29, 1.82) is 0 Å². The fourth-order valence-corrected chi connectivity index (χ4v) is 4.60. The Morgan fingerprint density at radius 2 is 1.77 bits per heavy atom. The zero-order chi connectivity index (χ0) is 22.5. The monoisotopic (exact) mass is 432 g/mol. The molecule has 0 unspecified atom stereocenters. The van der Waals surface area contributed by atoms with Crippen LogP contribution in [0.2, 0.25) is 0 Å². The second kappa shape index (κ2) is 10.1. The van der Waals surface area contributed by atoms with Gasteiger partial charge >= 0.3 is 6.09 Å². The first-order chi connectivity index (χ1) is 14.8. The van der Waals surface area contributed by atoms with Crippen molar-refractivity contribution < 1.29 is 24.3 Å². The van der Waals surface area contributed by atoms with E-state index in [1.165, 1.54) is 10.5 Å². The zero-order valence-electron chi connectivity index (χ0n) is 18.4. The molecular formula is C22H32N4O5. The molecule has 3 atom stereocenters. The second-order valence-electron chi connectivity index (χ2n) is 8.61. The Balaban J connectivity index is 1.67. The van der Waals surface area contributed by atoms with Crippen LogP contribution >= 0.6 is 0 Å². The average molecular weight is 433 g/mol. The lowest BCUT2D eigenvalue weighted by molar-refractivity contribution is -0.152. The molecule has 0 aromatic heterocycles. The molecule has 0 radical (unpaired) electrons. The van der Waals surface area contributed by atoms with Crippen LogP contribution in [0.25, 0.3) is 0 Å². The summed E-state index contributed by atoms with van der Waals surface area (Å²) in [6, 6.07) is 9.58. The average Bonchev–Trinajstić information content (AvgIpc) is 2.78. The van der Waals surface area contributed by atoms with Crippen molar-refractivity contribution in [3.63, 3.8) is 0 Å². The van der Waals surface area contributed by atoms with Crippen LogP contribution in [0, 0.1) is 5.92 Å². The van der Waals surface area contributed by atoms with E-state index in [0.29, 0.717) is 25.6 Å². The van der Waals surface area contributed by atoms with E-state index in [0.717, 1.165) is 12.8 Å². The summed E-state index contributed by atoms with van der Waals surface area (Å²) in [5, 5.41) is 9.24. The number of carbonyl (C=O) groups excluding carboxylic acids is 3. The van der Waals surface area contributed by atoms with Gasteiger partial charge in [-0.2, -0.15) is 0 Å². The molecule has 0 bridgehead atoms. The smallest absolute Gasteiger partial charge is 0.409 e. The zero-order valence-corrected chi connectivity index (χ0v) is 18.4. The summed E-state index contributed by atoms with van der Waals surface area (Å²) in [5.41, 5.74) is 2.97. The standard InChI is InChI=1S/C22H32N4O5/c1-24(2)22(29)31-17-13-18(20(27)23-30)19(25(3)14-17)21(28)26-11-9-16(10-12-26)15-7-5-4-6-8-15/h4-8,16-19,30H,9-14H2,1-3H3,(H,23,27)/t17-,18-,19-/m0/s1. The number of likely N-dealkylation sites (N-methyl/N-ethyl adjacent to an activating group) is 1. The molecule has 2 aliphatic rings. The second-order valence-corrected chi connectivity index (χ2v) is 8.61. The van der Waals surface area contributed by atoms with Gasteiger partial charge in [0.1, 0.15) is 12.1 Å². The van der Waals surface area contributed by atoms with Gasteiger partial charge in [0.05, 0.1) is 5.92 Å². The Hall–Kier alpha value is -2.65. The molecule has 170 valence electrons. The predicted molar refractivity (Wildman–Crippen MR) is 113 cm³/mol. The number of rotatable bonds is 4. The van der Waals surface area contributed by atoms with Gasteiger partial charge in [-0.1, -0.05) is 30.3 Å². The van der Waals surface area contributed by atoms with Gasteiger partial charge in [0.15, 0.2) is 0 Å². The van der Waals surface area contributed by atoms with Gasteiger partial charge in [-0.15, -0.1) is 0 Å². The summed E-state index contributed by atoms with van der Waals surface area (Å²) in [4.78, 5) is 42.6. The highest BCUT2D eigenvalue weighted by Crippen LogP contribution is 2.31. The minimum Gasteiger partial charge on any atom is -0.445 e. The molecule has 9 heteroatoms. The summed E-state index contributed by atoms with van der Waals surface area (Å²) in [5.74, 6) is -1.17. The maximum absolute atomic E-state index is 13.4. The molecule has 1 aromatic rings. The van der Waals surface area contributed by atoms with E-state index in [1.54, 1.807) is 31.5 Å². The van der Waals surface area contributed by atoms with Gasteiger partial charge < -0.3 is 14.5 Å². The first-order valence-corrected chi connectivity index (χ1v) is 10.7. The van der Waals surface area contributed by atoms with E-state index in [4.69, 9.17) is 4.74 Å². The molecule has 9 nitrogen and oxygen atoms in total. The lowest BCUT2D eigenvalue weighted by atomic mass is 9.85. The third-order valence-electron chi connectivity index (χ3n) is 6.27. The van der Waals surface area contributed by atoms with Gasteiger partial charge in [0.25, 0.3) is 0 Å². The van der Waals surface area contributed by atoms with Crippen molar-refractivity contribution in [3.05, 3.63) is 35.9 Å². The Labute approximate surface area is 182 Å². The first-order valence-electron chi connectivity index (χ1n) is 10.7. The number of hydrogen-bond donors (Lipinski definition) is 2. The number of hydroxylamine groups is 1. The molecular weight excluding hydrogens is 400 g/mol. The van der Waals surface area contributed by atoms with Gasteiger partial charge in [-0.05, 0) is 37.8 Å². The van der Waals surface area contributed by atoms with Crippen molar-refractivity contribution in [2.45, 2.75) is 37.3 Å². The number of ether oxygens (including phenoxy) is 1. The van der Waals surface area contributed by atoms with Crippen LogP contribution < -0.4 is 5.48 Å². The number of nitrogens with zero attached hydrogens (tertiary/aromatic N) is 3. The van der Waals surface area contributed by atoms with Crippen LogP contribution in [0.1, 0.15) is 30.7 Å². The van der Waals surface area contributed by atoms with Crippen LogP contribution in [0.4, 0.5) is 4.79 Å². The quantitative estimate of drug-likeness (QED) is 0.549. The molecule has 2 heterocycles. The predicted octanol–water partition coefficient (Wildman–Crippen LogP) is 1.29. The van der Waals surface area contributed by atoms with Crippen molar-refractivity contribution >= 4 is 17.9 Å². The Morgan fingerprint density at radius 3 is 2.35 bits per heavy atom. The molecule has 3 amide bonds. The highest BCUT2D eigenvalue weighted by Gasteiger charge is 2.45. The third-order valence-corrected chi connectivity index (χ3v) is 6.27. The molecule has 1 aromatic carbocycles. The van der Waals surface area contributed by atoms with Crippen LogP contribution in [-0.4, -0.2) is 90.7 Å². The molecule has 31 heavy (non-hydrogen) atoms.